The fraction of sp³-hybridized carbons (Fsp3) is 0.658. The van der Waals surface area contributed by atoms with Crippen LogP contribution in [0, 0.1) is 6.92 Å². The quantitative estimate of drug-likeness (QED) is 0.0934. The van der Waals surface area contributed by atoms with Gasteiger partial charge < -0.3 is 19.1 Å². The second-order valence-electron chi connectivity index (χ2n) is 12.9. The maximum Gasteiger partial charge on any atom is 0.229 e. The molecule has 0 aromatic heterocycles. The summed E-state index contributed by atoms with van der Waals surface area (Å²) in [5.41, 5.74) is 4.34. The first-order chi connectivity index (χ1) is 22.6. The second-order valence-corrected chi connectivity index (χ2v) is 13.3. The number of amides is 1. The minimum atomic E-state index is 0.0871. The number of unbranched alkanes of at least 4 members (excludes halogenated alkanes) is 10. The lowest BCUT2D eigenvalue weighted by Crippen LogP contribution is -2.46. The number of carbonyl (C=O) groups excluding carboxylic acids is 1. The van der Waals surface area contributed by atoms with Crippen LogP contribution in [-0.2, 0) is 20.7 Å². The van der Waals surface area contributed by atoms with Crippen LogP contribution in [0.25, 0.3) is 0 Å². The molecule has 1 amide bonds. The van der Waals surface area contributed by atoms with Crippen molar-refractivity contribution in [1.82, 2.24) is 4.90 Å². The first-order valence-electron chi connectivity index (χ1n) is 18.0. The molecule has 8 heteroatoms. The molecule has 2 aromatic rings. The van der Waals surface area contributed by atoms with E-state index in [-0.39, 0.29) is 19.4 Å². The number of aryl methyl sites for hydroxylation is 2. The molecule has 0 N–H and O–H groups in total. The van der Waals surface area contributed by atoms with Gasteiger partial charge in [0.15, 0.2) is 0 Å². The maximum atomic E-state index is 12.8. The smallest absolute Gasteiger partial charge is 0.229 e. The molecule has 2 aromatic carbocycles. The standard InChI is InChI=1S/C38H58ClN3O4/c1-3-4-5-6-7-8-9-10-11-13-27-44-31-45-30-42-36-29-34(20-18-33(36)19-21-37(42)43)46-28-14-12-22-40-23-25-41(26-24-40)35-17-15-16-32(2)38(35)39/h15-18,20,29H,3-14,19,21-28,30-31H2,1-2H3. The summed E-state index contributed by atoms with van der Waals surface area (Å²) in [5, 5.41) is 0.874. The van der Waals surface area contributed by atoms with Crippen LogP contribution in [0.1, 0.15) is 102 Å². The Labute approximate surface area is 283 Å². The average Bonchev–Trinajstić information content (AvgIpc) is 3.07. The molecule has 0 aliphatic carbocycles. The number of piperazine rings is 1. The SMILES string of the molecule is CCCCCCCCCCCCOCOCN1C(=O)CCc2ccc(OCCCCN3CCN(c4cccc(C)c4Cl)CC3)cc21. The highest BCUT2D eigenvalue weighted by molar-refractivity contribution is 6.34. The van der Waals surface area contributed by atoms with Gasteiger partial charge in [-0.1, -0.05) is 94.5 Å². The summed E-state index contributed by atoms with van der Waals surface area (Å²) in [7, 11) is 0. The number of nitrogens with zero attached hydrogens (tertiary/aromatic N) is 3. The summed E-state index contributed by atoms with van der Waals surface area (Å²) in [6.07, 6.45) is 16.4. The number of halogens is 1. The molecular weight excluding hydrogens is 598 g/mol. The lowest BCUT2D eigenvalue weighted by molar-refractivity contribution is -0.121. The van der Waals surface area contributed by atoms with Crippen LogP contribution in [0.2, 0.25) is 5.02 Å². The molecule has 0 spiro atoms. The molecule has 256 valence electrons. The van der Waals surface area contributed by atoms with Crippen molar-refractivity contribution in [3.05, 3.63) is 52.5 Å². The highest BCUT2D eigenvalue weighted by Gasteiger charge is 2.25. The first-order valence-corrected chi connectivity index (χ1v) is 18.4. The fourth-order valence-electron chi connectivity index (χ4n) is 6.40. The highest BCUT2D eigenvalue weighted by atomic mass is 35.5. The molecule has 0 unspecified atom stereocenters. The van der Waals surface area contributed by atoms with Gasteiger partial charge in [-0.05, 0) is 62.4 Å². The van der Waals surface area contributed by atoms with Crippen LogP contribution < -0.4 is 14.5 Å². The largest absolute Gasteiger partial charge is 0.494 e. The minimum absolute atomic E-state index is 0.0871. The van der Waals surface area contributed by atoms with Crippen molar-refractivity contribution < 1.29 is 19.0 Å². The molecule has 7 nitrogen and oxygen atoms in total. The van der Waals surface area contributed by atoms with E-state index in [1.54, 1.807) is 4.90 Å². The van der Waals surface area contributed by atoms with Crippen molar-refractivity contribution in [1.29, 1.82) is 0 Å². The Morgan fingerprint density at radius 3 is 2.24 bits per heavy atom. The Morgan fingerprint density at radius 1 is 0.761 bits per heavy atom. The number of rotatable bonds is 22. The second kappa shape index (κ2) is 20.8. The van der Waals surface area contributed by atoms with Gasteiger partial charge in [-0.2, -0.15) is 0 Å². The number of hydrogen-bond donors (Lipinski definition) is 0. The predicted molar refractivity (Wildman–Crippen MR) is 190 cm³/mol. The van der Waals surface area contributed by atoms with E-state index in [9.17, 15) is 4.79 Å². The van der Waals surface area contributed by atoms with Crippen molar-refractivity contribution in [2.75, 3.05) is 69.3 Å². The van der Waals surface area contributed by atoms with E-state index >= 15 is 0 Å². The van der Waals surface area contributed by atoms with Gasteiger partial charge >= 0.3 is 0 Å². The van der Waals surface area contributed by atoms with Crippen LogP contribution in [0.3, 0.4) is 0 Å². The van der Waals surface area contributed by atoms with Gasteiger partial charge in [0.1, 0.15) is 19.3 Å². The normalized spacial score (nSPS) is 15.4. The Kier molecular flexibility index (Phi) is 16.5. The first kappa shape index (κ1) is 36.5. The van der Waals surface area contributed by atoms with Crippen LogP contribution in [0.4, 0.5) is 11.4 Å². The molecule has 0 atom stereocenters. The van der Waals surface area contributed by atoms with Crippen LogP contribution >= 0.6 is 11.6 Å². The zero-order valence-corrected chi connectivity index (χ0v) is 29.3. The summed E-state index contributed by atoms with van der Waals surface area (Å²) >= 11 is 6.56. The van der Waals surface area contributed by atoms with Gasteiger partial charge in [0, 0.05) is 45.3 Å². The van der Waals surface area contributed by atoms with Crippen LogP contribution in [-0.4, -0.2) is 70.3 Å². The molecule has 0 bridgehead atoms. The van der Waals surface area contributed by atoms with Gasteiger partial charge in [0.05, 0.1) is 23.0 Å². The lowest BCUT2D eigenvalue weighted by atomic mass is 10.0. The zero-order valence-electron chi connectivity index (χ0n) is 28.6. The van der Waals surface area contributed by atoms with E-state index in [0.29, 0.717) is 19.6 Å². The maximum absolute atomic E-state index is 12.8. The van der Waals surface area contributed by atoms with E-state index in [1.807, 2.05) is 12.1 Å². The molecular formula is C38H58ClN3O4. The summed E-state index contributed by atoms with van der Waals surface area (Å²) in [5.74, 6) is 0.892. The number of fused-ring (bicyclic) bond motifs is 1. The summed E-state index contributed by atoms with van der Waals surface area (Å²) < 4.78 is 17.6. The zero-order chi connectivity index (χ0) is 32.4. The van der Waals surface area contributed by atoms with Crippen molar-refractivity contribution in [3.8, 4) is 5.75 Å². The van der Waals surface area contributed by atoms with Crippen LogP contribution in [0.5, 0.6) is 5.75 Å². The predicted octanol–water partition coefficient (Wildman–Crippen LogP) is 8.78. The van der Waals surface area contributed by atoms with E-state index in [0.717, 1.165) is 91.7 Å². The molecule has 46 heavy (non-hydrogen) atoms. The molecule has 1 saturated heterocycles. The monoisotopic (exact) mass is 655 g/mol. The van der Waals surface area contributed by atoms with E-state index in [1.165, 1.54) is 57.8 Å². The van der Waals surface area contributed by atoms with E-state index in [4.69, 9.17) is 25.8 Å². The van der Waals surface area contributed by atoms with Crippen molar-refractivity contribution >= 4 is 28.9 Å². The third-order valence-corrected chi connectivity index (χ3v) is 9.80. The van der Waals surface area contributed by atoms with Crippen molar-refractivity contribution in [3.63, 3.8) is 0 Å². The van der Waals surface area contributed by atoms with E-state index in [2.05, 4.69) is 47.9 Å². The number of benzene rings is 2. The molecule has 1 fully saturated rings. The van der Waals surface area contributed by atoms with Crippen LogP contribution in [0.15, 0.2) is 36.4 Å². The topological polar surface area (TPSA) is 54.5 Å². The third kappa shape index (κ3) is 12.0. The lowest BCUT2D eigenvalue weighted by Gasteiger charge is -2.36. The summed E-state index contributed by atoms with van der Waals surface area (Å²) in [6, 6.07) is 12.4. The summed E-state index contributed by atoms with van der Waals surface area (Å²) in [6.45, 7) is 11.3. The number of carbonyl (C=O) groups is 1. The van der Waals surface area contributed by atoms with Gasteiger partial charge in [-0.3, -0.25) is 14.6 Å². The number of hydrogen-bond acceptors (Lipinski definition) is 6. The van der Waals surface area contributed by atoms with Crippen molar-refractivity contribution in [2.24, 2.45) is 0 Å². The highest BCUT2D eigenvalue weighted by Crippen LogP contribution is 2.32. The van der Waals surface area contributed by atoms with Crippen molar-refractivity contribution in [2.45, 2.75) is 104 Å². The molecule has 0 saturated carbocycles. The molecule has 2 heterocycles. The Balaban J connectivity index is 1.07. The van der Waals surface area contributed by atoms with Gasteiger partial charge in [0.2, 0.25) is 5.91 Å². The molecule has 2 aliphatic heterocycles. The van der Waals surface area contributed by atoms with Gasteiger partial charge in [0.25, 0.3) is 0 Å². The molecule has 0 radical (unpaired) electrons. The average molecular weight is 656 g/mol. The van der Waals surface area contributed by atoms with Gasteiger partial charge in [-0.25, -0.2) is 0 Å². The number of anilines is 2. The minimum Gasteiger partial charge on any atom is -0.494 e. The summed E-state index contributed by atoms with van der Waals surface area (Å²) in [4.78, 5) is 19.4. The Morgan fingerprint density at radius 2 is 1.48 bits per heavy atom. The van der Waals surface area contributed by atoms with E-state index < -0.39 is 0 Å². The molecule has 2 aliphatic rings. The Bertz CT molecular complexity index is 1170. The number of ether oxygens (including phenoxy) is 3. The fourth-order valence-corrected chi connectivity index (χ4v) is 6.65. The van der Waals surface area contributed by atoms with Gasteiger partial charge in [-0.15, -0.1) is 0 Å². The molecule has 4 rings (SSSR count). The third-order valence-electron chi connectivity index (χ3n) is 9.31. The Hall–Kier alpha value is -2.32.